The fourth-order valence-electron chi connectivity index (χ4n) is 4.44. The number of carbonyl (C=O) groups is 2. The van der Waals surface area contributed by atoms with Crippen molar-refractivity contribution in [3.63, 3.8) is 0 Å². The van der Waals surface area contributed by atoms with Crippen molar-refractivity contribution in [1.82, 2.24) is 10.6 Å². The maximum absolute atomic E-state index is 14.3. The number of carbonyl (C=O) groups excluding carboxylic acids is 2. The fraction of sp³-hybridized carbons (Fsp3) is 0.929. The number of halogens is 12. The molecular weight excluding hydrogens is 808 g/mol. The molecule has 0 heterocycles. The molecule has 0 saturated heterocycles. The molecule has 0 rings (SSSR count). The van der Waals surface area contributed by atoms with E-state index < -0.39 is 91.6 Å². The Morgan fingerprint density at radius 3 is 0.907 bits per heavy atom. The van der Waals surface area contributed by atoms with Crippen LogP contribution in [0, 0.1) is 0 Å². The smallest absolute Gasteiger partial charge is 0.443 e. The highest BCUT2D eigenvalue weighted by atomic mass is 28.4. The fourth-order valence-corrected chi connectivity index (χ4v) is 9.67. The minimum absolute atomic E-state index is 0.0353. The van der Waals surface area contributed by atoms with E-state index in [1.54, 1.807) is 52.2 Å². The second kappa shape index (κ2) is 22.0. The lowest BCUT2D eigenvalue weighted by molar-refractivity contribution is -0.427. The lowest BCUT2D eigenvalue weighted by Gasteiger charge is -2.40. The van der Waals surface area contributed by atoms with Gasteiger partial charge in [0, 0.05) is 64.8 Å². The molecule has 2 N–H and O–H groups in total. The average Bonchev–Trinajstić information content (AvgIpc) is 3.07. The summed E-state index contributed by atoms with van der Waals surface area (Å²) in [5.41, 5.74) is 0. The molecule has 26 heteroatoms. The predicted molar refractivity (Wildman–Crippen MR) is 168 cm³/mol. The molecular formula is C28H48F12N2O10Si2. The van der Waals surface area contributed by atoms with Crippen molar-refractivity contribution in [1.29, 1.82) is 0 Å². The Morgan fingerprint density at radius 2 is 0.685 bits per heavy atom. The van der Waals surface area contributed by atoms with Gasteiger partial charge in [-0.3, -0.25) is 0 Å². The summed E-state index contributed by atoms with van der Waals surface area (Å²) in [5.74, 6) is -44.0. The van der Waals surface area contributed by atoms with Crippen molar-refractivity contribution >= 4 is 29.8 Å². The van der Waals surface area contributed by atoms with E-state index in [0.717, 1.165) is 0 Å². The first-order valence-electron chi connectivity index (χ1n) is 16.7. The molecule has 322 valence electrons. The predicted octanol–water partition coefficient (Wildman–Crippen LogP) is 7.13. The molecule has 0 aromatic heterocycles. The third-order valence-electron chi connectivity index (χ3n) is 6.91. The third kappa shape index (κ3) is 13.2. The van der Waals surface area contributed by atoms with Crippen LogP contribution in [0.15, 0.2) is 0 Å². The second-order valence-electron chi connectivity index (χ2n) is 10.9. The summed E-state index contributed by atoms with van der Waals surface area (Å²) in [6, 6.07) is 0.0707. The first-order chi connectivity index (χ1) is 24.8. The summed E-state index contributed by atoms with van der Waals surface area (Å²) in [5, 5.41) is 3.56. The Bertz CT molecular complexity index is 1020. The number of rotatable bonds is 29. The van der Waals surface area contributed by atoms with E-state index in [1.165, 1.54) is 0 Å². The molecule has 54 heavy (non-hydrogen) atoms. The molecule has 2 amide bonds. The van der Waals surface area contributed by atoms with Gasteiger partial charge in [0.15, 0.2) is 13.2 Å². The van der Waals surface area contributed by atoms with E-state index in [4.69, 9.17) is 26.6 Å². The Morgan fingerprint density at radius 1 is 0.444 bits per heavy atom. The van der Waals surface area contributed by atoms with Gasteiger partial charge >= 0.3 is 65.3 Å². The van der Waals surface area contributed by atoms with Crippen LogP contribution in [0.1, 0.15) is 54.4 Å². The van der Waals surface area contributed by atoms with Crippen LogP contribution >= 0.6 is 0 Å². The van der Waals surface area contributed by atoms with Crippen molar-refractivity contribution in [2.24, 2.45) is 0 Å². The Labute approximate surface area is 306 Å². The summed E-state index contributed by atoms with van der Waals surface area (Å²) in [6.07, 6.45) is -4.01. The molecule has 0 spiro atoms. The number of hydrogen-bond acceptors (Lipinski definition) is 10. The normalized spacial score (nSPS) is 13.9. The van der Waals surface area contributed by atoms with Gasteiger partial charge in [0.25, 0.3) is 0 Å². The van der Waals surface area contributed by atoms with Gasteiger partial charge < -0.3 is 46.7 Å². The van der Waals surface area contributed by atoms with E-state index >= 15 is 0 Å². The van der Waals surface area contributed by atoms with Gasteiger partial charge in [-0.05, 0) is 54.4 Å². The molecule has 0 unspecified atom stereocenters. The number of hydrogen-bond donors (Lipinski definition) is 2. The Balaban J connectivity index is 5.52. The van der Waals surface area contributed by atoms with Crippen LogP contribution in [-0.2, 0) is 36.0 Å². The van der Waals surface area contributed by atoms with Crippen molar-refractivity contribution in [3.8, 4) is 0 Å². The molecule has 12 nitrogen and oxygen atoms in total. The molecule has 0 aliphatic rings. The molecule has 0 aliphatic carbocycles. The minimum Gasteiger partial charge on any atom is -0.443 e. The Kier molecular flexibility index (Phi) is 21.1. The average molecular weight is 857 g/mol. The summed E-state index contributed by atoms with van der Waals surface area (Å²) in [6.45, 7) is 3.65. The lowest BCUT2D eigenvalue weighted by Crippen LogP contribution is -2.71. The lowest BCUT2D eigenvalue weighted by atomic mass is 9.91. The van der Waals surface area contributed by atoms with Gasteiger partial charge in [0.05, 0.1) is 0 Å². The first-order valence-corrected chi connectivity index (χ1v) is 20.6. The first kappa shape index (κ1) is 51.9. The van der Waals surface area contributed by atoms with Crippen LogP contribution in [0.3, 0.4) is 0 Å². The van der Waals surface area contributed by atoms with E-state index in [-0.39, 0.29) is 64.6 Å². The molecule has 0 bridgehead atoms. The largest absolute Gasteiger partial charge is 0.500 e. The highest BCUT2D eigenvalue weighted by molar-refractivity contribution is 6.61. The minimum atomic E-state index is -7.93. The summed E-state index contributed by atoms with van der Waals surface area (Å²) in [7, 11) is -6.52. The number of alkyl carbamates (subject to hydrolysis) is 2. The van der Waals surface area contributed by atoms with Gasteiger partial charge in [-0.1, -0.05) is 0 Å². The van der Waals surface area contributed by atoms with Gasteiger partial charge in [0.2, 0.25) is 0 Å². The van der Waals surface area contributed by atoms with Crippen LogP contribution in [0.5, 0.6) is 0 Å². The van der Waals surface area contributed by atoms with Gasteiger partial charge in [0.1, 0.15) is 0 Å². The van der Waals surface area contributed by atoms with Crippen LogP contribution < -0.4 is 10.6 Å². The zero-order valence-electron chi connectivity index (χ0n) is 30.5. The molecule has 0 atom stereocenters. The van der Waals surface area contributed by atoms with E-state index in [0.29, 0.717) is 0 Å². The van der Waals surface area contributed by atoms with Crippen molar-refractivity contribution in [2.75, 3.05) is 65.9 Å². The van der Waals surface area contributed by atoms with Crippen LogP contribution in [0.2, 0.25) is 12.1 Å². The van der Waals surface area contributed by atoms with Crippen molar-refractivity contribution in [2.45, 2.75) is 102 Å². The zero-order chi connectivity index (χ0) is 42.1. The van der Waals surface area contributed by atoms with Crippen LogP contribution in [0.25, 0.3) is 0 Å². The molecule has 0 aromatic carbocycles. The molecule has 0 aromatic rings. The zero-order valence-corrected chi connectivity index (χ0v) is 32.5. The SMILES string of the molecule is CCO[Si](CCCNC(=O)OCC(F)(F)C(F)(F)C(F)(F)C(F)(F)C(F)(F)C(F)(F)COC(=O)NCCC[Si](OCC)(OCC)OCC)(OCC)OCC. The highest BCUT2D eigenvalue weighted by Crippen LogP contribution is 2.60. The van der Waals surface area contributed by atoms with E-state index in [9.17, 15) is 62.3 Å². The number of amides is 2. The molecule has 0 aliphatic heterocycles. The number of ether oxygens (including phenoxy) is 2. The standard InChI is InChI=1S/C28H48F12N2O10Si2/c1-7-47-53(48-8-2,49-9-3)17-13-15-41-21(43)45-19-23(29,30)25(33,34)27(37,38)28(39,40)26(35,36)24(31,32)20-46-22(44)42-16-14-18-54(50-10-4,51-11-5)52-12-6/h7-20H2,1-6H3,(H,41,43)(H,42,44). The Hall–Kier alpha value is -2.11. The second-order valence-corrected chi connectivity index (χ2v) is 16.3. The number of nitrogens with one attached hydrogen (secondary N) is 2. The van der Waals surface area contributed by atoms with Gasteiger partial charge in [-0.25, -0.2) is 9.59 Å². The van der Waals surface area contributed by atoms with Crippen LogP contribution in [0.4, 0.5) is 62.3 Å². The maximum Gasteiger partial charge on any atom is 0.500 e. The van der Waals surface area contributed by atoms with Gasteiger partial charge in [-0.2, -0.15) is 52.7 Å². The van der Waals surface area contributed by atoms with Gasteiger partial charge in [-0.15, -0.1) is 0 Å². The van der Waals surface area contributed by atoms with E-state index in [1.807, 2.05) is 0 Å². The number of alkyl halides is 12. The monoisotopic (exact) mass is 856 g/mol. The quantitative estimate of drug-likeness (QED) is 0.0456. The topological polar surface area (TPSA) is 132 Å². The summed E-state index contributed by atoms with van der Waals surface area (Å²) < 4.78 is 212. The van der Waals surface area contributed by atoms with E-state index in [2.05, 4.69) is 9.47 Å². The highest BCUT2D eigenvalue weighted by Gasteiger charge is 2.90. The molecule has 0 saturated carbocycles. The summed E-state index contributed by atoms with van der Waals surface area (Å²) >= 11 is 0. The van der Waals surface area contributed by atoms with Crippen molar-refractivity contribution < 1.29 is 98.3 Å². The van der Waals surface area contributed by atoms with Crippen molar-refractivity contribution in [3.05, 3.63) is 0 Å². The maximum atomic E-state index is 14.3. The summed E-state index contributed by atoms with van der Waals surface area (Å²) in [4.78, 5) is 23.6. The molecule has 0 radical (unpaired) electrons. The molecule has 0 fully saturated rings. The third-order valence-corrected chi connectivity index (χ3v) is 13.2. The van der Waals surface area contributed by atoms with Crippen LogP contribution in [-0.4, -0.2) is 131 Å².